The monoisotopic (exact) mass is 332 g/mol. The van der Waals surface area contributed by atoms with Crippen LogP contribution in [0.25, 0.3) is 0 Å². The van der Waals surface area contributed by atoms with E-state index >= 15 is 0 Å². The largest absolute Gasteiger partial charge is 0.269 e. The molecule has 1 heterocycles. The minimum Gasteiger partial charge on any atom is -0.258 e. The fourth-order valence-electron chi connectivity index (χ4n) is 2.71. The lowest BCUT2D eigenvalue weighted by atomic mass is 9.98. The Morgan fingerprint density at radius 3 is 2.26 bits per heavy atom. The third-order valence-electron chi connectivity index (χ3n) is 4.01. The molecule has 0 bridgehead atoms. The molecule has 0 spiro atoms. The summed E-state index contributed by atoms with van der Waals surface area (Å²) in [5.41, 5.74) is 1.50. The number of benzene rings is 2. The van der Waals surface area contributed by atoms with Crippen LogP contribution >= 0.6 is 0 Å². The first kappa shape index (κ1) is 15.6. The number of non-ortho nitro benzene ring substituents is 1. The lowest BCUT2D eigenvalue weighted by Crippen LogP contribution is -2.45. The Kier molecular flexibility index (Phi) is 4.14. The summed E-state index contributed by atoms with van der Waals surface area (Å²) >= 11 is 0. The second kappa shape index (κ2) is 6.10. The molecule has 3 rings (SSSR count). The molecule has 120 valence electrons. The molecule has 0 saturated carbocycles. The summed E-state index contributed by atoms with van der Waals surface area (Å²) < 4.78 is 26.7. The van der Waals surface area contributed by atoms with Crippen molar-refractivity contribution < 1.29 is 13.3 Å². The van der Waals surface area contributed by atoms with Crippen LogP contribution in [0.3, 0.4) is 0 Å². The van der Waals surface area contributed by atoms with Gasteiger partial charge in [0, 0.05) is 18.7 Å². The zero-order valence-electron chi connectivity index (χ0n) is 12.3. The Morgan fingerprint density at radius 1 is 1.09 bits per heavy atom. The highest BCUT2D eigenvalue weighted by Crippen LogP contribution is 2.36. The van der Waals surface area contributed by atoms with Gasteiger partial charge in [-0.3, -0.25) is 10.1 Å². The summed E-state index contributed by atoms with van der Waals surface area (Å²) in [5.74, 6) is -0.145. The third-order valence-corrected chi connectivity index (χ3v) is 5.86. The smallest absolute Gasteiger partial charge is 0.258 e. The van der Waals surface area contributed by atoms with Crippen molar-refractivity contribution in [2.75, 3.05) is 6.54 Å². The van der Waals surface area contributed by atoms with Crippen molar-refractivity contribution in [2.45, 2.75) is 18.2 Å². The molecular weight excluding hydrogens is 316 g/mol. The quantitative estimate of drug-likeness (QED) is 0.623. The van der Waals surface area contributed by atoms with Crippen LogP contribution in [0.2, 0.25) is 0 Å². The van der Waals surface area contributed by atoms with Crippen LogP contribution in [0.4, 0.5) is 5.69 Å². The Bertz CT molecular complexity index is 804. The molecule has 2 aromatic carbocycles. The predicted octanol–water partition coefficient (Wildman–Crippen LogP) is 2.87. The maximum absolute atomic E-state index is 12.6. The van der Waals surface area contributed by atoms with Crippen molar-refractivity contribution in [1.82, 2.24) is 4.31 Å². The van der Waals surface area contributed by atoms with E-state index in [0.29, 0.717) is 12.1 Å². The standard InChI is InChI=1S/C16H16N2O4S/c19-18(20)15-8-6-13(7-9-15)12-23(21,22)17-11-10-16(17)14-4-2-1-3-5-14/h1-9,16H,10-12H2/t16-/m0/s1. The predicted molar refractivity (Wildman–Crippen MR) is 86.2 cm³/mol. The van der Waals surface area contributed by atoms with E-state index in [4.69, 9.17) is 0 Å². The van der Waals surface area contributed by atoms with E-state index in [9.17, 15) is 18.5 Å². The number of hydrogen-bond donors (Lipinski definition) is 0. The van der Waals surface area contributed by atoms with E-state index in [1.54, 1.807) is 0 Å². The van der Waals surface area contributed by atoms with Gasteiger partial charge in [-0.25, -0.2) is 8.42 Å². The minimum atomic E-state index is -3.44. The summed E-state index contributed by atoms with van der Waals surface area (Å²) in [6.45, 7) is 0.509. The van der Waals surface area contributed by atoms with E-state index in [1.165, 1.54) is 28.6 Å². The van der Waals surface area contributed by atoms with Gasteiger partial charge in [0.1, 0.15) is 0 Å². The zero-order chi connectivity index (χ0) is 16.4. The van der Waals surface area contributed by atoms with Gasteiger partial charge >= 0.3 is 0 Å². The van der Waals surface area contributed by atoms with Crippen molar-refractivity contribution in [3.8, 4) is 0 Å². The van der Waals surface area contributed by atoms with E-state index in [0.717, 1.165) is 12.0 Å². The highest BCUT2D eigenvalue weighted by atomic mass is 32.2. The van der Waals surface area contributed by atoms with E-state index in [1.807, 2.05) is 30.3 Å². The first-order valence-corrected chi connectivity index (χ1v) is 8.86. The Morgan fingerprint density at radius 2 is 1.74 bits per heavy atom. The van der Waals surface area contributed by atoms with Crippen LogP contribution in [-0.2, 0) is 15.8 Å². The Balaban J connectivity index is 1.75. The van der Waals surface area contributed by atoms with Gasteiger partial charge in [-0.2, -0.15) is 4.31 Å². The topological polar surface area (TPSA) is 80.5 Å². The average Bonchev–Trinajstić information content (AvgIpc) is 2.46. The normalized spacial score (nSPS) is 18.3. The van der Waals surface area contributed by atoms with Crippen LogP contribution in [0, 0.1) is 10.1 Å². The van der Waals surface area contributed by atoms with Gasteiger partial charge in [0.25, 0.3) is 5.69 Å². The minimum absolute atomic E-state index is 0.0442. The summed E-state index contributed by atoms with van der Waals surface area (Å²) in [7, 11) is -3.44. The number of hydrogen-bond acceptors (Lipinski definition) is 4. The number of sulfonamides is 1. The SMILES string of the molecule is O=[N+]([O-])c1ccc(CS(=O)(=O)N2CC[C@H]2c2ccccc2)cc1. The molecule has 23 heavy (non-hydrogen) atoms. The highest BCUT2D eigenvalue weighted by molar-refractivity contribution is 7.88. The second-order valence-corrected chi connectivity index (χ2v) is 7.43. The van der Waals surface area contributed by atoms with Crippen molar-refractivity contribution >= 4 is 15.7 Å². The first-order chi connectivity index (χ1) is 11.0. The highest BCUT2D eigenvalue weighted by Gasteiger charge is 2.38. The molecule has 0 radical (unpaired) electrons. The fraction of sp³-hybridized carbons (Fsp3) is 0.250. The molecule has 1 aliphatic heterocycles. The molecule has 0 unspecified atom stereocenters. The summed E-state index contributed by atoms with van der Waals surface area (Å²) in [5, 5.41) is 10.6. The summed E-state index contributed by atoms with van der Waals surface area (Å²) in [6, 6.07) is 15.1. The lowest BCUT2D eigenvalue weighted by molar-refractivity contribution is -0.384. The van der Waals surface area contributed by atoms with E-state index in [2.05, 4.69) is 0 Å². The molecule has 0 aromatic heterocycles. The molecular formula is C16H16N2O4S. The Hall–Kier alpha value is -2.25. The van der Waals surface area contributed by atoms with Gasteiger partial charge in [-0.1, -0.05) is 42.5 Å². The van der Waals surface area contributed by atoms with Gasteiger partial charge in [-0.05, 0) is 17.5 Å². The maximum atomic E-state index is 12.6. The van der Waals surface area contributed by atoms with Crippen LogP contribution in [-0.4, -0.2) is 24.2 Å². The lowest BCUT2D eigenvalue weighted by Gasteiger charge is -2.40. The molecule has 0 amide bonds. The molecule has 1 fully saturated rings. The Labute approximate surface area is 134 Å². The van der Waals surface area contributed by atoms with Crippen LogP contribution in [0.5, 0.6) is 0 Å². The van der Waals surface area contributed by atoms with Crippen LogP contribution in [0.1, 0.15) is 23.6 Å². The van der Waals surface area contributed by atoms with E-state index < -0.39 is 14.9 Å². The number of nitro groups is 1. The molecule has 0 aliphatic carbocycles. The van der Waals surface area contributed by atoms with Crippen molar-refractivity contribution in [3.05, 3.63) is 75.8 Å². The van der Waals surface area contributed by atoms with Crippen molar-refractivity contribution in [3.63, 3.8) is 0 Å². The van der Waals surface area contributed by atoms with Gasteiger partial charge in [-0.15, -0.1) is 0 Å². The molecule has 2 aromatic rings. The summed E-state index contributed by atoms with van der Waals surface area (Å²) in [4.78, 5) is 10.1. The number of rotatable bonds is 5. The maximum Gasteiger partial charge on any atom is 0.269 e. The first-order valence-electron chi connectivity index (χ1n) is 7.25. The molecule has 1 aliphatic rings. The third kappa shape index (κ3) is 3.25. The van der Waals surface area contributed by atoms with Gasteiger partial charge in [0.05, 0.1) is 16.7 Å². The molecule has 1 saturated heterocycles. The fourth-order valence-corrected chi connectivity index (χ4v) is 4.49. The second-order valence-electron chi connectivity index (χ2n) is 5.51. The summed E-state index contributed by atoms with van der Waals surface area (Å²) in [6.07, 6.45) is 0.809. The van der Waals surface area contributed by atoms with E-state index in [-0.39, 0.29) is 17.5 Å². The van der Waals surface area contributed by atoms with Crippen LogP contribution in [0.15, 0.2) is 54.6 Å². The molecule has 6 nitrogen and oxygen atoms in total. The molecule has 1 atom stereocenters. The molecule has 0 N–H and O–H groups in total. The number of nitro benzene ring substituents is 1. The van der Waals surface area contributed by atoms with Gasteiger partial charge in [0.15, 0.2) is 0 Å². The zero-order valence-corrected chi connectivity index (χ0v) is 13.1. The number of nitrogens with zero attached hydrogens (tertiary/aromatic N) is 2. The van der Waals surface area contributed by atoms with Crippen molar-refractivity contribution in [1.29, 1.82) is 0 Å². The van der Waals surface area contributed by atoms with Gasteiger partial charge in [0.2, 0.25) is 10.0 Å². The average molecular weight is 332 g/mol. The van der Waals surface area contributed by atoms with Gasteiger partial charge < -0.3 is 0 Å². The van der Waals surface area contributed by atoms with Crippen molar-refractivity contribution in [2.24, 2.45) is 0 Å². The van der Waals surface area contributed by atoms with Crippen LogP contribution < -0.4 is 0 Å². The molecule has 7 heteroatoms.